The zero-order valence-corrected chi connectivity index (χ0v) is 16.2. The Hall–Kier alpha value is -2.20. The molecular formula is C23H27NO3. The van der Waals surface area contributed by atoms with Gasteiger partial charge in [0.2, 0.25) is 6.79 Å². The Kier molecular flexibility index (Phi) is 3.87. The third kappa shape index (κ3) is 2.78. The summed E-state index contributed by atoms with van der Waals surface area (Å²) in [5.74, 6) is 2.11. The molecule has 142 valence electrons. The number of benzene rings is 2. The molecule has 0 aliphatic carbocycles. The minimum absolute atomic E-state index is 0.125. The molecule has 1 saturated heterocycles. The second-order valence-electron chi connectivity index (χ2n) is 8.85. The Bertz CT molecular complexity index is 870. The van der Waals surface area contributed by atoms with Crippen LogP contribution < -0.4 is 14.8 Å². The van der Waals surface area contributed by atoms with Gasteiger partial charge in [0.25, 0.3) is 0 Å². The van der Waals surface area contributed by atoms with Crippen molar-refractivity contribution < 1.29 is 14.2 Å². The SMILES string of the molecule is CC(C)(C)c1ccc2c(c1)C1OCCCC1C(c1cccc3c1OCO3)N2. The molecule has 4 heteroatoms. The van der Waals surface area contributed by atoms with E-state index in [4.69, 9.17) is 14.2 Å². The monoisotopic (exact) mass is 365 g/mol. The van der Waals surface area contributed by atoms with Crippen LogP contribution in [-0.4, -0.2) is 13.4 Å². The van der Waals surface area contributed by atoms with Crippen molar-refractivity contribution in [2.75, 3.05) is 18.7 Å². The van der Waals surface area contributed by atoms with E-state index in [9.17, 15) is 0 Å². The van der Waals surface area contributed by atoms with E-state index in [1.54, 1.807) is 0 Å². The molecule has 0 bridgehead atoms. The van der Waals surface area contributed by atoms with Gasteiger partial charge in [0, 0.05) is 29.3 Å². The summed E-state index contributed by atoms with van der Waals surface area (Å²) < 4.78 is 17.8. The van der Waals surface area contributed by atoms with Gasteiger partial charge in [-0.3, -0.25) is 0 Å². The molecule has 3 atom stereocenters. The topological polar surface area (TPSA) is 39.7 Å². The highest BCUT2D eigenvalue weighted by molar-refractivity contribution is 5.61. The molecule has 0 saturated carbocycles. The molecule has 2 aromatic carbocycles. The second-order valence-corrected chi connectivity index (χ2v) is 8.85. The Morgan fingerprint density at radius 2 is 1.93 bits per heavy atom. The normalized spacial score (nSPS) is 26.1. The molecule has 4 nitrogen and oxygen atoms in total. The summed E-state index contributed by atoms with van der Waals surface area (Å²) in [6, 6.07) is 13.2. The van der Waals surface area contributed by atoms with Crippen LogP contribution in [0, 0.1) is 5.92 Å². The molecule has 27 heavy (non-hydrogen) atoms. The fourth-order valence-electron chi connectivity index (χ4n) is 4.64. The molecule has 0 radical (unpaired) electrons. The Balaban J connectivity index is 1.60. The van der Waals surface area contributed by atoms with Gasteiger partial charge in [0.15, 0.2) is 11.5 Å². The molecule has 0 aromatic heterocycles. The molecule has 3 aliphatic heterocycles. The van der Waals surface area contributed by atoms with Crippen LogP contribution in [0.3, 0.4) is 0 Å². The predicted octanol–water partition coefficient (Wildman–Crippen LogP) is 5.35. The van der Waals surface area contributed by atoms with Crippen LogP contribution in [0.2, 0.25) is 0 Å². The van der Waals surface area contributed by atoms with Crippen molar-refractivity contribution >= 4 is 5.69 Å². The fraction of sp³-hybridized carbons (Fsp3) is 0.478. The smallest absolute Gasteiger partial charge is 0.231 e. The number of hydrogen-bond donors (Lipinski definition) is 1. The Morgan fingerprint density at radius 3 is 2.78 bits per heavy atom. The number of anilines is 1. The van der Waals surface area contributed by atoms with E-state index in [-0.39, 0.29) is 17.6 Å². The summed E-state index contributed by atoms with van der Waals surface area (Å²) in [5, 5.41) is 3.81. The van der Waals surface area contributed by atoms with E-state index < -0.39 is 0 Å². The first-order valence-electron chi connectivity index (χ1n) is 9.93. The summed E-state index contributed by atoms with van der Waals surface area (Å²) >= 11 is 0. The van der Waals surface area contributed by atoms with Crippen LogP contribution in [0.15, 0.2) is 36.4 Å². The third-order valence-corrected chi connectivity index (χ3v) is 6.09. The number of hydrogen-bond acceptors (Lipinski definition) is 4. The van der Waals surface area contributed by atoms with Crippen LogP contribution >= 0.6 is 0 Å². The first-order chi connectivity index (χ1) is 13.0. The summed E-state index contributed by atoms with van der Waals surface area (Å²) in [5.41, 5.74) is 5.13. The lowest BCUT2D eigenvalue weighted by Gasteiger charge is -2.44. The molecule has 5 rings (SSSR count). The molecule has 3 unspecified atom stereocenters. The molecule has 3 aliphatic rings. The summed E-state index contributed by atoms with van der Waals surface area (Å²) in [7, 11) is 0. The Morgan fingerprint density at radius 1 is 1.04 bits per heavy atom. The minimum Gasteiger partial charge on any atom is -0.454 e. The highest BCUT2D eigenvalue weighted by atomic mass is 16.7. The van der Waals surface area contributed by atoms with Crippen molar-refractivity contribution in [1.82, 2.24) is 0 Å². The second kappa shape index (κ2) is 6.16. The number of ether oxygens (including phenoxy) is 3. The number of para-hydroxylation sites is 1. The maximum Gasteiger partial charge on any atom is 0.231 e. The van der Waals surface area contributed by atoms with Gasteiger partial charge in [-0.2, -0.15) is 0 Å². The predicted molar refractivity (Wildman–Crippen MR) is 105 cm³/mol. The van der Waals surface area contributed by atoms with Gasteiger partial charge in [-0.15, -0.1) is 0 Å². The minimum atomic E-state index is 0.125. The van der Waals surface area contributed by atoms with Crippen LogP contribution in [0.5, 0.6) is 11.5 Å². The Labute approximate surface area is 160 Å². The molecule has 0 spiro atoms. The largest absolute Gasteiger partial charge is 0.454 e. The standard InChI is InChI=1S/C23H27NO3/c1-23(2,3)14-9-10-18-17(12-14)21-15(7-5-11-25-21)20(24-18)16-6-4-8-19-22(16)27-13-26-19/h4,6,8-10,12,15,20-21,24H,5,7,11,13H2,1-3H3. The fourth-order valence-corrected chi connectivity index (χ4v) is 4.64. The van der Waals surface area contributed by atoms with Gasteiger partial charge < -0.3 is 19.5 Å². The molecule has 2 aromatic rings. The third-order valence-electron chi connectivity index (χ3n) is 6.09. The van der Waals surface area contributed by atoms with Gasteiger partial charge in [-0.25, -0.2) is 0 Å². The maximum atomic E-state index is 6.34. The van der Waals surface area contributed by atoms with Gasteiger partial charge in [0.05, 0.1) is 12.1 Å². The van der Waals surface area contributed by atoms with Crippen LogP contribution in [0.25, 0.3) is 0 Å². The molecule has 1 fully saturated rings. The zero-order valence-electron chi connectivity index (χ0n) is 16.2. The van der Waals surface area contributed by atoms with E-state index in [2.05, 4.69) is 56.4 Å². The maximum absolute atomic E-state index is 6.34. The lowest BCUT2D eigenvalue weighted by Crippen LogP contribution is -2.36. The highest BCUT2D eigenvalue weighted by Gasteiger charge is 2.42. The van der Waals surface area contributed by atoms with E-state index in [0.29, 0.717) is 12.7 Å². The molecular weight excluding hydrogens is 338 g/mol. The van der Waals surface area contributed by atoms with Crippen molar-refractivity contribution in [3.63, 3.8) is 0 Å². The van der Waals surface area contributed by atoms with Crippen molar-refractivity contribution in [2.24, 2.45) is 5.92 Å². The van der Waals surface area contributed by atoms with E-state index in [1.165, 1.54) is 22.4 Å². The van der Waals surface area contributed by atoms with Crippen LogP contribution in [0.1, 0.15) is 62.4 Å². The first-order valence-corrected chi connectivity index (χ1v) is 9.93. The van der Waals surface area contributed by atoms with Crippen LogP contribution in [0.4, 0.5) is 5.69 Å². The van der Waals surface area contributed by atoms with Crippen molar-refractivity contribution in [3.8, 4) is 11.5 Å². The lowest BCUT2D eigenvalue weighted by atomic mass is 9.75. The summed E-state index contributed by atoms with van der Waals surface area (Å²) in [4.78, 5) is 0. The average molecular weight is 365 g/mol. The molecule has 1 N–H and O–H groups in total. The van der Waals surface area contributed by atoms with Crippen LogP contribution in [-0.2, 0) is 10.2 Å². The summed E-state index contributed by atoms with van der Waals surface area (Å²) in [6.07, 6.45) is 2.37. The average Bonchev–Trinajstić information content (AvgIpc) is 3.15. The number of fused-ring (bicyclic) bond motifs is 4. The quantitative estimate of drug-likeness (QED) is 0.740. The van der Waals surface area contributed by atoms with Crippen molar-refractivity contribution in [1.29, 1.82) is 0 Å². The molecule has 3 heterocycles. The van der Waals surface area contributed by atoms with Gasteiger partial charge in [-0.05, 0) is 36.0 Å². The van der Waals surface area contributed by atoms with Crippen molar-refractivity contribution in [2.45, 2.75) is 51.2 Å². The highest BCUT2D eigenvalue weighted by Crippen LogP contribution is 2.52. The van der Waals surface area contributed by atoms with Gasteiger partial charge in [0.1, 0.15) is 0 Å². The summed E-state index contributed by atoms with van der Waals surface area (Å²) in [6.45, 7) is 7.92. The molecule has 0 amide bonds. The number of rotatable bonds is 1. The van der Waals surface area contributed by atoms with E-state index in [0.717, 1.165) is 30.9 Å². The van der Waals surface area contributed by atoms with Crippen molar-refractivity contribution in [3.05, 3.63) is 53.1 Å². The zero-order chi connectivity index (χ0) is 18.6. The van der Waals surface area contributed by atoms with E-state index >= 15 is 0 Å². The number of nitrogens with one attached hydrogen (secondary N) is 1. The van der Waals surface area contributed by atoms with Gasteiger partial charge in [-0.1, -0.05) is 45.0 Å². The first kappa shape index (κ1) is 16.9. The van der Waals surface area contributed by atoms with E-state index in [1.807, 2.05) is 6.07 Å². The van der Waals surface area contributed by atoms with Gasteiger partial charge >= 0.3 is 0 Å². The lowest BCUT2D eigenvalue weighted by molar-refractivity contribution is -0.0383.